The number of benzene rings is 1. The minimum atomic E-state index is -0.206. The molecule has 2 N–H and O–H groups in total. The van der Waals surface area contributed by atoms with E-state index in [1.165, 1.54) is 28.0 Å². The molecule has 1 aliphatic carbocycles. The van der Waals surface area contributed by atoms with Crippen LogP contribution >= 0.6 is 23.1 Å². The first-order chi connectivity index (χ1) is 16.4. The normalized spacial score (nSPS) is 13.0. The second-order valence-electron chi connectivity index (χ2n) is 8.49. The molecule has 1 aromatic carbocycles. The molecule has 3 aromatic rings. The summed E-state index contributed by atoms with van der Waals surface area (Å²) in [6, 6.07) is 7.21. The Balaban J connectivity index is 1.49. The Kier molecular flexibility index (Phi) is 7.57. The number of thiophene rings is 1. The highest BCUT2D eigenvalue weighted by Crippen LogP contribution is 2.38. The number of anilines is 2. The van der Waals surface area contributed by atoms with E-state index in [1.54, 1.807) is 31.4 Å². The molecule has 180 valence electrons. The maximum Gasteiger partial charge on any atom is 0.258 e. The zero-order valence-electron chi connectivity index (χ0n) is 19.8. The molecule has 2 aromatic heterocycles. The number of thioether (sulfide) groups is 1. The van der Waals surface area contributed by atoms with Gasteiger partial charge in [0.05, 0.1) is 18.4 Å². The van der Waals surface area contributed by atoms with Gasteiger partial charge in [0.2, 0.25) is 5.91 Å². The fourth-order valence-corrected chi connectivity index (χ4v) is 6.03. The van der Waals surface area contributed by atoms with Crippen LogP contribution in [0, 0.1) is 0 Å². The lowest BCUT2D eigenvalue weighted by atomic mass is 9.95. The lowest BCUT2D eigenvalue weighted by molar-refractivity contribution is -0.113. The van der Waals surface area contributed by atoms with Crippen molar-refractivity contribution in [3.05, 3.63) is 46.1 Å². The number of hydrogen-bond acceptors (Lipinski definition) is 7. The number of nitrogens with one attached hydrogen (secondary N) is 2. The maximum absolute atomic E-state index is 13.3. The Morgan fingerprint density at radius 1 is 1.15 bits per heavy atom. The summed E-state index contributed by atoms with van der Waals surface area (Å²) in [5.41, 5.74) is 2.31. The number of rotatable bonds is 8. The lowest BCUT2D eigenvalue weighted by Crippen LogP contribution is -2.19. The van der Waals surface area contributed by atoms with E-state index < -0.39 is 0 Å². The Labute approximate surface area is 207 Å². The van der Waals surface area contributed by atoms with Gasteiger partial charge in [-0.2, -0.15) is 0 Å². The molecule has 34 heavy (non-hydrogen) atoms. The van der Waals surface area contributed by atoms with Crippen molar-refractivity contribution in [3.8, 4) is 5.75 Å². The molecule has 1 aliphatic rings. The molecule has 0 bridgehead atoms. The van der Waals surface area contributed by atoms with Gasteiger partial charge in [-0.05, 0) is 55.5 Å². The van der Waals surface area contributed by atoms with Gasteiger partial charge in [-0.25, -0.2) is 0 Å². The van der Waals surface area contributed by atoms with Crippen molar-refractivity contribution in [1.29, 1.82) is 0 Å². The number of carbonyl (C=O) groups excluding carboxylic acids is 2. The molecule has 10 heteroatoms. The highest BCUT2D eigenvalue weighted by Gasteiger charge is 2.26. The number of hydrogen-bond donors (Lipinski definition) is 2. The van der Waals surface area contributed by atoms with Gasteiger partial charge in [0.25, 0.3) is 5.91 Å². The van der Waals surface area contributed by atoms with Gasteiger partial charge in [-0.3, -0.25) is 9.59 Å². The smallest absolute Gasteiger partial charge is 0.258 e. The van der Waals surface area contributed by atoms with Crippen molar-refractivity contribution in [2.45, 2.75) is 50.6 Å². The summed E-state index contributed by atoms with van der Waals surface area (Å²) in [7, 11) is 3.51. The Morgan fingerprint density at radius 2 is 1.88 bits per heavy atom. The minimum Gasteiger partial charge on any atom is -0.497 e. The van der Waals surface area contributed by atoms with E-state index in [0.29, 0.717) is 21.4 Å². The summed E-state index contributed by atoms with van der Waals surface area (Å²) in [6.07, 6.45) is 3.92. The first-order valence-corrected chi connectivity index (χ1v) is 13.1. The number of aromatic nitrogens is 3. The fraction of sp³-hybridized carbons (Fsp3) is 0.417. The van der Waals surface area contributed by atoms with Gasteiger partial charge in [-0.1, -0.05) is 25.6 Å². The Bertz CT molecular complexity index is 1180. The predicted octanol–water partition coefficient (Wildman–Crippen LogP) is 4.87. The monoisotopic (exact) mass is 499 g/mol. The van der Waals surface area contributed by atoms with Gasteiger partial charge in [0.15, 0.2) is 5.16 Å². The molecule has 8 nitrogen and oxygen atoms in total. The fourth-order valence-electron chi connectivity index (χ4n) is 4.01. The van der Waals surface area contributed by atoms with E-state index in [0.717, 1.165) is 42.8 Å². The largest absolute Gasteiger partial charge is 0.497 e. The SMILES string of the molecule is COc1ccc(NC(=O)c2c(NC(=O)CSc3nnc(C(C)C)n3C)sc3c2CCCC3)cc1. The quantitative estimate of drug-likeness (QED) is 0.429. The van der Waals surface area contributed by atoms with Gasteiger partial charge in [0, 0.05) is 23.5 Å². The molecular formula is C24H29N5O3S2. The summed E-state index contributed by atoms with van der Waals surface area (Å²) < 4.78 is 7.11. The molecule has 0 spiro atoms. The number of ether oxygens (including phenoxy) is 1. The van der Waals surface area contributed by atoms with Gasteiger partial charge >= 0.3 is 0 Å². The van der Waals surface area contributed by atoms with Crippen molar-refractivity contribution in [2.75, 3.05) is 23.5 Å². The molecule has 0 unspecified atom stereocenters. The summed E-state index contributed by atoms with van der Waals surface area (Å²) in [4.78, 5) is 27.3. The standard InChI is InChI=1S/C24H29N5O3S2/c1-14(2)21-27-28-24(29(21)3)33-13-19(30)26-23-20(17-7-5-6-8-18(17)34-23)22(31)25-15-9-11-16(32-4)12-10-15/h9-12,14H,5-8,13H2,1-4H3,(H,25,31)(H,26,30). The molecule has 0 fully saturated rings. The Hall–Kier alpha value is -2.85. The maximum atomic E-state index is 13.3. The number of amides is 2. The van der Waals surface area contributed by atoms with E-state index in [-0.39, 0.29) is 23.5 Å². The van der Waals surface area contributed by atoms with Crippen LogP contribution in [0.5, 0.6) is 5.75 Å². The average molecular weight is 500 g/mol. The third kappa shape index (κ3) is 5.28. The van der Waals surface area contributed by atoms with Crippen LogP contribution in [0.4, 0.5) is 10.7 Å². The molecule has 0 atom stereocenters. The number of fused-ring (bicyclic) bond motifs is 1. The van der Waals surface area contributed by atoms with Crippen LogP contribution < -0.4 is 15.4 Å². The van der Waals surface area contributed by atoms with Crippen LogP contribution in [-0.2, 0) is 24.7 Å². The Morgan fingerprint density at radius 3 is 2.56 bits per heavy atom. The summed E-state index contributed by atoms with van der Waals surface area (Å²) in [5.74, 6) is 1.67. The van der Waals surface area contributed by atoms with Crippen molar-refractivity contribution >= 4 is 45.6 Å². The second kappa shape index (κ2) is 10.6. The zero-order valence-corrected chi connectivity index (χ0v) is 21.4. The topological polar surface area (TPSA) is 98.1 Å². The molecule has 0 saturated carbocycles. The highest BCUT2D eigenvalue weighted by molar-refractivity contribution is 7.99. The first kappa shape index (κ1) is 24.3. The van der Waals surface area contributed by atoms with Crippen molar-refractivity contribution in [2.24, 2.45) is 7.05 Å². The summed E-state index contributed by atoms with van der Waals surface area (Å²) >= 11 is 2.85. The molecule has 0 radical (unpaired) electrons. The van der Waals surface area contributed by atoms with Crippen molar-refractivity contribution in [3.63, 3.8) is 0 Å². The van der Waals surface area contributed by atoms with E-state index >= 15 is 0 Å². The van der Waals surface area contributed by atoms with Gasteiger partial charge in [-0.15, -0.1) is 21.5 Å². The van der Waals surface area contributed by atoms with Crippen molar-refractivity contribution in [1.82, 2.24) is 14.8 Å². The minimum absolute atomic E-state index is 0.170. The van der Waals surface area contributed by atoms with E-state index in [9.17, 15) is 9.59 Å². The third-order valence-electron chi connectivity index (χ3n) is 5.72. The van der Waals surface area contributed by atoms with E-state index in [1.807, 2.05) is 11.6 Å². The highest BCUT2D eigenvalue weighted by atomic mass is 32.2. The molecule has 0 saturated heterocycles. The molecule has 0 aliphatic heterocycles. The van der Waals surface area contributed by atoms with Crippen LogP contribution in [-0.4, -0.2) is 39.4 Å². The predicted molar refractivity (Wildman–Crippen MR) is 136 cm³/mol. The first-order valence-electron chi connectivity index (χ1n) is 11.3. The zero-order chi connectivity index (χ0) is 24.2. The molecule has 2 amide bonds. The van der Waals surface area contributed by atoms with Crippen molar-refractivity contribution < 1.29 is 14.3 Å². The summed E-state index contributed by atoms with van der Waals surface area (Å²) in [5, 5.41) is 15.7. The average Bonchev–Trinajstić information content (AvgIpc) is 3.37. The van der Waals surface area contributed by atoms with Crippen LogP contribution in [0.1, 0.15) is 59.2 Å². The number of nitrogens with zero attached hydrogens (tertiary/aromatic N) is 3. The summed E-state index contributed by atoms with van der Waals surface area (Å²) in [6.45, 7) is 4.12. The van der Waals surface area contributed by atoms with Crippen LogP contribution in [0.3, 0.4) is 0 Å². The number of methoxy groups -OCH3 is 1. The van der Waals surface area contributed by atoms with E-state index in [2.05, 4.69) is 34.7 Å². The number of carbonyl (C=O) groups is 2. The second-order valence-corrected chi connectivity index (χ2v) is 10.5. The third-order valence-corrected chi connectivity index (χ3v) is 7.94. The van der Waals surface area contributed by atoms with Crippen LogP contribution in [0.25, 0.3) is 0 Å². The van der Waals surface area contributed by atoms with E-state index in [4.69, 9.17) is 4.74 Å². The van der Waals surface area contributed by atoms with Crippen LogP contribution in [0.15, 0.2) is 29.4 Å². The molecule has 2 heterocycles. The molecular weight excluding hydrogens is 470 g/mol. The van der Waals surface area contributed by atoms with Gasteiger partial charge in [0.1, 0.15) is 16.6 Å². The van der Waals surface area contributed by atoms with Crippen LogP contribution in [0.2, 0.25) is 0 Å². The molecule has 4 rings (SSSR count). The number of aryl methyl sites for hydroxylation is 1. The van der Waals surface area contributed by atoms with Gasteiger partial charge < -0.3 is 19.9 Å². The lowest BCUT2D eigenvalue weighted by Gasteiger charge is -2.13.